The maximum Gasteiger partial charge on any atom is 0.276 e. The standard InChI is InChI=1S/C23H26N4O2/c1-27-14-12-17(13-15-27)7-6-16-8-10-18(11-9-16)24-23(29)21-19-4-2-3-5-20(19)22(28)26-25-21/h2-5,8-11,17H,6-7,12-15H2,1H3,(H,24,29)(H,26,28). The Morgan fingerprint density at radius 1 is 1.10 bits per heavy atom. The Morgan fingerprint density at radius 2 is 1.79 bits per heavy atom. The average molecular weight is 390 g/mol. The molecule has 2 aromatic carbocycles. The van der Waals surface area contributed by atoms with Gasteiger partial charge in [-0.2, -0.15) is 5.10 Å². The maximum atomic E-state index is 12.7. The summed E-state index contributed by atoms with van der Waals surface area (Å²) in [5.41, 5.74) is 1.92. The summed E-state index contributed by atoms with van der Waals surface area (Å²) in [6.07, 6.45) is 4.84. The van der Waals surface area contributed by atoms with E-state index in [1.807, 2.05) is 12.1 Å². The summed E-state index contributed by atoms with van der Waals surface area (Å²) in [6.45, 7) is 2.40. The third kappa shape index (κ3) is 4.54. The minimum absolute atomic E-state index is 0.214. The highest BCUT2D eigenvalue weighted by atomic mass is 16.2. The number of benzene rings is 2. The van der Waals surface area contributed by atoms with Crippen LogP contribution in [0.5, 0.6) is 0 Å². The fourth-order valence-electron chi connectivity index (χ4n) is 3.95. The lowest BCUT2D eigenvalue weighted by Gasteiger charge is -2.28. The summed E-state index contributed by atoms with van der Waals surface area (Å²) in [7, 11) is 2.19. The van der Waals surface area contributed by atoms with Gasteiger partial charge in [0, 0.05) is 11.1 Å². The molecule has 0 unspecified atom stereocenters. The van der Waals surface area contributed by atoms with Crippen LogP contribution in [-0.2, 0) is 6.42 Å². The Morgan fingerprint density at radius 3 is 2.52 bits per heavy atom. The number of fused-ring (bicyclic) bond motifs is 1. The molecule has 6 heteroatoms. The Kier molecular flexibility index (Phi) is 5.71. The second kappa shape index (κ2) is 8.57. The van der Waals surface area contributed by atoms with Crippen LogP contribution < -0.4 is 10.9 Å². The van der Waals surface area contributed by atoms with Gasteiger partial charge in [-0.05, 0) is 75.5 Å². The number of amides is 1. The number of nitrogens with one attached hydrogen (secondary N) is 2. The number of carbonyl (C=O) groups is 1. The van der Waals surface area contributed by atoms with E-state index in [2.05, 4.69) is 39.6 Å². The molecule has 1 amide bonds. The highest BCUT2D eigenvalue weighted by Crippen LogP contribution is 2.22. The molecule has 0 atom stereocenters. The van der Waals surface area contributed by atoms with Gasteiger partial charge in [0.1, 0.15) is 0 Å². The summed E-state index contributed by atoms with van der Waals surface area (Å²) in [5, 5.41) is 10.2. The van der Waals surface area contributed by atoms with Crippen LogP contribution in [0.4, 0.5) is 5.69 Å². The lowest BCUT2D eigenvalue weighted by molar-refractivity contribution is 0.102. The van der Waals surface area contributed by atoms with Gasteiger partial charge in [0.2, 0.25) is 0 Å². The topological polar surface area (TPSA) is 78.1 Å². The van der Waals surface area contributed by atoms with E-state index in [0.29, 0.717) is 10.8 Å². The van der Waals surface area contributed by atoms with Gasteiger partial charge in [-0.3, -0.25) is 9.59 Å². The summed E-state index contributed by atoms with van der Waals surface area (Å²) >= 11 is 0. The van der Waals surface area contributed by atoms with Crippen molar-refractivity contribution in [3.05, 3.63) is 70.1 Å². The van der Waals surface area contributed by atoms with Gasteiger partial charge in [-0.1, -0.05) is 30.3 Å². The van der Waals surface area contributed by atoms with Crippen molar-refractivity contribution in [2.45, 2.75) is 25.7 Å². The maximum absolute atomic E-state index is 12.7. The molecule has 29 heavy (non-hydrogen) atoms. The Balaban J connectivity index is 1.39. The molecule has 0 aliphatic carbocycles. The normalized spacial score (nSPS) is 15.5. The number of H-pyrrole nitrogens is 1. The molecular weight excluding hydrogens is 364 g/mol. The molecule has 2 heterocycles. The van der Waals surface area contributed by atoms with Crippen LogP contribution >= 0.6 is 0 Å². The average Bonchev–Trinajstić information content (AvgIpc) is 2.75. The number of nitrogens with zero attached hydrogens (tertiary/aromatic N) is 2. The van der Waals surface area contributed by atoms with Crippen LogP contribution in [0.15, 0.2) is 53.3 Å². The van der Waals surface area contributed by atoms with E-state index < -0.39 is 0 Å². The second-order valence-electron chi connectivity index (χ2n) is 7.88. The van der Waals surface area contributed by atoms with Crippen LogP contribution in [0.3, 0.4) is 0 Å². The summed E-state index contributed by atoms with van der Waals surface area (Å²) in [5.74, 6) is 0.474. The Bertz CT molecular complexity index is 1050. The van der Waals surface area contributed by atoms with Crippen molar-refractivity contribution in [1.82, 2.24) is 15.1 Å². The predicted molar refractivity (Wildman–Crippen MR) is 115 cm³/mol. The van der Waals surface area contributed by atoms with Gasteiger partial charge in [0.15, 0.2) is 5.69 Å². The minimum Gasteiger partial charge on any atom is -0.321 e. The number of piperidine rings is 1. The number of rotatable bonds is 5. The fourth-order valence-corrected chi connectivity index (χ4v) is 3.95. The van der Waals surface area contributed by atoms with Crippen molar-refractivity contribution in [3.8, 4) is 0 Å². The SMILES string of the molecule is CN1CCC(CCc2ccc(NC(=O)c3n[nH]c(=O)c4ccccc34)cc2)CC1. The summed E-state index contributed by atoms with van der Waals surface area (Å²) < 4.78 is 0. The van der Waals surface area contributed by atoms with E-state index in [1.165, 1.54) is 37.9 Å². The molecule has 3 aromatic rings. The number of hydrogen-bond acceptors (Lipinski definition) is 4. The lowest BCUT2D eigenvalue weighted by Crippen LogP contribution is -2.30. The van der Waals surface area contributed by atoms with Crippen LogP contribution in [0, 0.1) is 5.92 Å². The number of aryl methyl sites for hydroxylation is 1. The molecule has 0 bridgehead atoms. The van der Waals surface area contributed by atoms with Gasteiger partial charge in [-0.25, -0.2) is 5.10 Å². The molecule has 150 valence electrons. The van der Waals surface area contributed by atoms with Crippen molar-refractivity contribution in [2.24, 2.45) is 5.92 Å². The number of aromatic amines is 1. The van der Waals surface area contributed by atoms with Crippen LogP contribution in [0.1, 0.15) is 35.3 Å². The third-order valence-electron chi connectivity index (χ3n) is 5.80. The molecule has 1 aliphatic heterocycles. The first kappa shape index (κ1) is 19.3. The molecule has 1 aromatic heterocycles. The molecule has 1 saturated heterocycles. The van der Waals surface area contributed by atoms with Gasteiger partial charge < -0.3 is 10.2 Å². The van der Waals surface area contributed by atoms with Gasteiger partial charge in [0.25, 0.3) is 11.5 Å². The molecule has 1 fully saturated rings. The molecule has 0 radical (unpaired) electrons. The predicted octanol–water partition coefficient (Wildman–Crippen LogP) is 3.45. The first-order chi connectivity index (χ1) is 14.1. The Hall–Kier alpha value is -2.99. The smallest absolute Gasteiger partial charge is 0.276 e. The first-order valence-electron chi connectivity index (χ1n) is 10.2. The van der Waals surface area contributed by atoms with Crippen LogP contribution in [0.25, 0.3) is 10.8 Å². The first-order valence-corrected chi connectivity index (χ1v) is 10.2. The van der Waals surface area contributed by atoms with Crippen LogP contribution in [-0.4, -0.2) is 41.1 Å². The van der Waals surface area contributed by atoms with Crippen molar-refractivity contribution in [2.75, 3.05) is 25.5 Å². The minimum atomic E-state index is -0.337. The van der Waals surface area contributed by atoms with Crippen molar-refractivity contribution < 1.29 is 4.79 Å². The fraction of sp³-hybridized carbons (Fsp3) is 0.348. The van der Waals surface area contributed by atoms with Crippen molar-refractivity contribution in [3.63, 3.8) is 0 Å². The molecule has 4 rings (SSSR count). The van der Waals surface area contributed by atoms with E-state index in [1.54, 1.807) is 24.3 Å². The zero-order valence-corrected chi connectivity index (χ0v) is 16.6. The number of carbonyl (C=O) groups excluding carboxylic acids is 1. The summed E-state index contributed by atoms with van der Waals surface area (Å²) in [6, 6.07) is 15.0. The van der Waals surface area contributed by atoms with E-state index in [4.69, 9.17) is 0 Å². The summed E-state index contributed by atoms with van der Waals surface area (Å²) in [4.78, 5) is 27.0. The highest BCUT2D eigenvalue weighted by Gasteiger charge is 2.17. The third-order valence-corrected chi connectivity index (χ3v) is 5.80. The van der Waals surface area contributed by atoms with Gasteiger partial charge >= 0.3 is 0 Å². The zero-order chi connectivity index (χ0) is 20.2. The quantitative estimate of drug-likeness (QED) is 0.699. The van der Waals surface area contributed by atoms with E-state index in [-0.39, 0.29) is 17.2 Å². The molecule has 6 nitrogen and oxygen atoms in total. The lowest BCUT2D eigenvalue weighted by atomic mass is 9.91. The van der Waals surface area contributed by atoms with E-state index >= 15 is 0 Å². The largest absolute Gasteiger partial charge is 0.321 e. The monoisotopic (exact) mass is 390 g/mol. The van der Waals surface area contributed by atoms with Crippen molar-refractivity contribution >= 4 is 22.4 Å². The number of hydrogen-bond donors (Lipinski definition) is 2. The number of aromatic nitrogens is 2. The molecule has 2 N–H and O–H groups in total. The molecule has 0 saturated carbocycles. The zero-order valence-electron chi connectivity index (χ0n) is 16.6. The number of likely N-dealkylation sites (tertiary alicyclic amines) is 1. The van der Waals surface area contributed by atoms with Crippen LogP contribution in [0.2, 0.25) is 0 Å². The molecule has 0 spiro atoms. The second-order valence-corrected chi connectivity index (χ2v) is 7.88. The molecule has 1 aliphatic rings. The van der Waals surface area contributed by atoms with E-state index in [0.717, 1.165) is 18.0 Å². The van der Waals surface area contributed by atoms with E-state index in [9.17, 15) is 9.59 Å². The van der Waals surface area contributed by atoms with Gasteiger partial charge in [0.05, 0.1) is 5.39 Å². The molecular formula is C23H26N4O2. The van der Waals surface area contributed by atoms with Gasteiger partial charge in [-0.15, -0.1) is 0 Å². The Labute approximate surface area is 169 Å². The number of anilines is 1. The highest BCUT2D eigenvalue weighted by molar-refractivity contribution is 6.11. The van der Waals surface area contributed by atoms with Crippen molar-refractivity contribution in [1.29, 1.82) is 0 Å².